The van der Waals surface area contributed by atoms with Crippen LogP contribution in [0.4, 0.5) is 0 Å². The van der Waals surface area contributed by atoms with E-state index in [0.717, 1.165) is 25.7 Å². The summed E-state index contributed by atoms with van der Waals surface area (Å²) in [6.07, 6.45) is 2.49. The largest absolute Gasteiger partial charge is 0.396 e. The van der Waals surface area contributed by atoms with Crippen LogP contribution >= 0.6 is 0 Å². The maximum atomic E-state index is 8.86. The van der Waals surface area contributed by atoms with Crippen molar-refractivity contribution in [2.24, 2.45) is 11.8 Å². The third-order valence-corrected chi connectivity index (χ3v) is 2.50. The minimum atomic E-state index is -1.19. The highest BCUT2D eigenvalue weighted by molar-refractivity contribution is 4.73. The molecule has 0 spiro atoms. The average molecular weight is 160 g/mol. The van der Waals surface area contributed by atoms with Gasteiger partial charge >= 0.3 is 0 Å². The molecule has 11 heavy (non-hydrogen) atoms. The van der Waals surface area contributed by atoms with Crippen molar-refractivity contribution in [3.05, 3.63) is 0 Å². The maximum Gasteiger partial charge on any atom is 0.154 e. The first kappa shape index (κ1) is 8.97. The second kappa shape index (κ2) is 4.04. The van der Waals surface area contributed by atoms with E-state index in [0.29, 0.717) is 0 Å². The van der Waals surface area contributed by atoms with Gasteiger partial charge in [0.15, 0.2) is 6.29 Å². The van der Waals surface area contributed by atoms with Crippen molar-refractivity contribution in [1.82, 2.24) is 0 Å². The summed E-state index contributed by atoms with van der Waals surface area (Å²) >= 11 is 0. The molecule has 1 aliphatic carbocycles. The second-order valence-electron chi connectivity index (χ2n) is 3.39. The monoisotopic (exact) mass is 160 g/mol. The van der Waals surface area contributed by atoms with E-state index in [9.17, 15) is 0 Å². The van der Waals surface area contributed by atoms with Gasteiger partial charge in [0.25, 0.3) is 0 Å². The van der Waals surface area contributed by atoms with Crippen molar-refractivity contribution in [3.63, 3.8) is 0 Å². The molecule has 0 saturated heterocycles. The van der Waals surface area contributed by atoms with Crippen LogP contribution in [0.1, 0.15) is 25.7 Å². The quantitative estimate of drug-likeness (QED) is 0.502. The third-order valence-electron chi connectivity index (χ3n) is 2.50. The number of rotatable bonds is 2. The smallest absolute Gasteiger partial charge is 0.154 e. The molecule has 0 aromatic rings. The maximum absolute atomic E-state index is 8.86. The number of hydrogen-bond acceptors (Lipinski definition) is 3. The zero-order chi connectivity index (χ0) is 8.27. The fourth-order valence-electron chi connectivity index (χ4n) is 1.77. The van der Waals surface area contributed by atoms with Gasteiger partial charge in [0, 0.05) is 12.5 Å². The molecule has 0 aromatic carbocycles. The molecule has 0 bridgehead atoms. The molecular formula is C8H16O3. The van der Waals surface area contributed by atoms with E-state index in [4.69, 9.17) is 15.3 Å². The Labute approximate surface area is 66.7 Å². The lowest BCUT2D eigenvalue weighted by atomic mass is 9.81. The van der Waals surface area contributed by atoms with E-state index in [-0.39, 0.29) is 18.4 Å². The van der Waals surface area contributed by atoms with Gasteiger partial charge in [-0.15, -0.1) is 0 Å². The molecule has 3 N–H and O–H groups in total. The van der Waals surface area contributed by atoms with E-state index in [1.807, 2.05) is 0 Å². The highest BCUT2D eigenvalue weighted by Crippen LogP contribution is 2.29. The summed E-state index contributed by atoms with van der Waals surface area (Å²) in [5.41, 5.74) is 0. The van der Waals surface area contributed by atoms with Gasteiger partial charge in [0.2, 0.25) is 0 Å². The molecule has 66 valence electrons. The molecule has 1 fully saturated rings. The van der Waals surface area contributed by atoms with E-state index in [2.05, 4.69) is 0 Å². The lowest BCUT2D eigenvalue weighted by Crippen LogP contribution is -2.27. The van der Waals surface area contributed by atoms with E-state index in [1.165, 1.54) is 0 Å². The van der Waals surface area contributed by atoms with Gasteiger partial charge in [-0.25, -0.2) is 0 Å². The van der Waals surface area contributed by atoms with Crippen LogP contribution in [0.5, 0.6) is 0 Å². The third kappa shape index (κ3) is 2.43. The van der Waals surface area contributed by atoms with Crippen LogP contribution in [0.25, 0.3) is 0 Å². The molecular weight excluding hydrogens is 144 g/mol. The Hall–Kier alpha value is -0.120. The van der Waals surface area contributed by atoms with E-state index < -0.39 is 6.29 Å². The van der Waals surface area contributed by atoms with Crippen LogP contribution in [-0.4, -0.2) is 28.2 Å². The number of aliphatic hydroxyl groups is 3. The lowest BCUT2D eigenvalue weighted by molar-refractivity contribution is -0.0999. The van der Waals surface area contributed by atoms with Crippen LogP contribution < -0.4 is 0 Å². The van der Waals surface area contributed by atoms with Crippen molar-refractivity contribution in [2.45, 2.75) is 32.0 Å². The summed E-state index contributed by atoms with van der Waals surface area (Å²) < 4.78 is 0. The van der Waals surface area contributed by atoms with Gasteiger partial charge in [-0.05, 0) is 25.2 Å². The van der Waals surface area contributed by atoms with Gasteiger partial charge in [-0.3, -0.25) is 0 Å². The highest BCUT2D eigenvalue weighted by atomic mass is 16.5. The van der Waals surface area contributed by atoms with Crippen molar-refractivity contribution < 1.29 is 15.3 Å². The first-order valence-electron chi connectivity index (χ1n) is 4.21. The highest BCUT2D eigenvalue weighted by Gasteiger charge is 2.25. The Morgan fingerprint density at radius 3 is 2.55 bits per heavy atom. The first-order chi connectivity index (χ1) is 5.24. The predicted molar refractivity (Wildman–Crippen MR) is 40.8 cm³/mol. The Kier molecular flexibility index (Phi) is 3.30. The molecule has 0 aliphatic heterocycles. The fraction of sp³-hybridized carbons (Fsp3) is 1.00. The van der Waals surface area contributed by atoms with Crippen molar-refractivity contribution >= 4 is 0 Å². The Morgan fingerprint density at radius 1 is 1.27 bits per heavy atom. The Balaban J connectivity index is 2.33. The summed E-state index contributed by atoms with van der Waals surface area (Å²) in [5.74, 6) is 0.274. The van der Waals surface area contributed by atoms with E-state index in [1.54, 1.807) is 0 Å². The molecule has 3 nitrogen and oxygen atoms in total. The van der Waals surface area contributed by atoms with Gasteiger partial charge in [0.1, 0.15) is 0 Å². The van der Waals surface area contributed by atoms with Crippen LogP contribution in [0.15, 0.2) is 0 Å². The molecule has 2 atom stereocenters. The number of hydrogen-bond donors (Lipinski definition) is 3. The molecule has 0 aromatic heterocycles. The summed E-state index contributed by atoms with van der Waals surface area (Å²) in [6, 6.07) is 0. The van der Waals surface area contributed by atoms with Gasteiger partial charge in [-0.2, -0.15) is 0 Å². The molecule has 0 radical (unpaired) electrons. The second-order valence-corrected chi connectivity index (χ2v) is 3.39. The summed E-state index contributed by atoms with van der Waals surface area (Å²) in [4.78, 5) is 0. The SMILES string of the molecule is OCC1CCCC(C(O)O)C1. The van der Waals surface area contributed by atoms with Crippen LogP contribution in [0.3, 0.4) is 0 Å². The summed E-state index contributed by atoms with van der Waals surface area (Å²) in [6.45, 7) is 0.184. The summed E-state index contributed by atoms with van der Waals surface area (Å²) in [7, 11) is 0. The first-order valence-corrected chi connectivity index (χ1v) is 4.21. The normalized spacial score (nSPS) is 32.7. The molecule has 1 aliphatic rings. The Morgan fingerprint density at radius 2 is 2.00 bits per heavy atom. The standard InChI is InChI=1S/C8H16O3/c9-5-6-2-1-3-7(4-6)8(10)11/h6-11H,1-5H2. The minimum absolute atomic E-state index is 0.0131. The minimum Gasteiger partial charge on any atom is -0.396 e. The van der Waals surface area contributed by atoms with Gasteiger partial charge < -0.3 is 15.3 Å². The van der Waals surface area contributed by atoms with Crippen LogP contribution in [0, 0.1) is 11.8 Å². The zero-order valence-electron chi connectivity index (χ0n) is 6.61. The molecule has 3 heteroatoms. The zero-order valence-corrected chi connectivity index (χ0v) is 6.61. The molecule has 0 amide bonds. The molecule has 1 saturated carbocycles. The molecule has 1 rings (SSSR count). The summed E-state index contributed by atoms with van der Waals surface area (Å²) in [5, 5.41) is 26.6. The van der Waals surface area contributed by atoms with Crippen LogP contribution in [-0.2, 0) is 0 Å². The van der Waals surface area contributed by atoms with Crippen molar-refractivity contribution in [1.29, 1.82) is 0 Å². The molecule has 2 unspecified atom stereocenters. The van der Waals surface area contributed by atoms with Gasteiger partial charge in [-0.1, -0.05) is 6.42 Å². The van der Waals surface area contributed by atoms with Crippen LogP contribution in [0.2, 0.25) is 0 Å². The van der Waals surface area contributed by atoms with Crippen molar-refractivity contribution in [3.8, 4) is 0 Å². The Bertz CT molecular complexity index is 114. The van der Waals surface area contributed by atoms with Gasteiger partial charge in [0.05, 0.1) is 0 Å². The van der Waals surface area contributed by atoms with Crippen molar-refractivity contribution in [2.75, 3.05) is 6.61 Å². The fourth-order valence-corrected chi connectivity index (χ4v) is 1.77. The number of aliphatic hydroxyl groups excluding tert-OH is 2. The lowest BCUT2D eigenvalue weighted by Gasteiger charge is -2.28. The topological polar surface area (TPSA) is 60.7 Å². The average Bonchev–Trinajstić information content (AvgIpc) is 2.05. The predicted octanol–water partition coefficient (Wildman–Crippen LogP) is 0.0958. The molecule has 0 heterocycles. The van der Waals surface area contributed by atoms with E-state index >= 15 is 0 Å².